The maximum Gasteiger partial charge on any atom is 0.164 e. The van der Waals surface area contributed by atoms with E-state index in [0.717, 1.165) is 66.8 Å². The summed E-state index contributed by atoms with van der Waals surface area (Å²) in [4.78, 5) is 29.6. The molecule has 6 heteroatoms. The first-order chi connectivity index (χ1) is 30.1. The first kappa shape index (κ1) is 38.3. The molecule has 0 aliphatic heterocycles. The van der Waals surface area contributed by atoms with Gasteiger partial charge in [-0.1, -0.05) is 219 Å². The fraction of sp³-hybridized carbons (Fsp3) is 0.0182. The highest BCUT2D eigenvalue weighted by Crippen LogP contribution is 2.39. The predicted molar refractivity (Wildman–Crippen MR) is 250 cm³/mol. The van der Waals surface area contributed by atoms with E-state index in [-0.39, 0.29) is 0 Å². The van der Waals surface area contributed by atoms with Crippen molar-refractivity contribution < 1.29 is 0 Å². The minimum Gasteiger partial charge on any atom is -0.208 e. The number of aromatic nitrogens is 6. The van der Waals surface area contributed by atoms with Crippen molar-refractivity contribution in [1.82, 2.24) is 29.9 Å². The molecule has 0 spiro atoms. The molecule has 0 saturated carbocycles. The van der Waals surface area contributed by atoms with Crippen molar-refractivity contribution >= 4 is 5.57 Å². The molecule has 0 fully saturated rings. The van der Waals surface area contributed by atoms with E-state index >= 15 is 0 Å². The summed E-state index contributed by atoms with van der Waals surface area (Å²) in [6.45, 7) is 6.00. The smallest absolute Gasteiger partial charge is 0.164 e. The molecule has 0 N–H and O–H groups in total. The van der Waals surface area contributed by atoms with Crippen LogP contribution in [0.1, 0.15) is 12.5 Å². The van der Waals surface area contributed by atoms with Gasteiger partial charge in [0, 0.05) is 33.4 Å². The zero-order chi connectivity index (χ0) is 41.4. The van der Waals surface area contributed by atoms with E-state index in [0.29, 0.717) is 34.9 Å². The van der Waals surface area contributed by atoms with E-state index in [4.69, 9.17) is 29.9 Å². The van der Waals surface area contributed by atoms with Crippen LogP contribution in [0.5, 0.6) is 0 Å². The van der Waals surface area contributed by atoms with Crippen LogP contribution in [-0.2, 0) is 0 Å². The largest absolute Gasteiger partial charge is 0.208 e. The fourth-order valence-corrected chi connectivity index (χ4v) is 7.26. The van der Waals surface area contributed by atoms with Gasteiger partial charge in [0.2, 0.25) is 0 Å². The lowest BCUT2D eigenvalue weighted by molar-refractivity contribution is 1.07. The Morgan fingerprint density at radius 1 is 0.344 bits per heavy atom. The molecule has 2 heterocycles. The third-order valence-corrected chi connectivity index (χ3v) is 10.4. The van der Waals surface area contributed by atoms with E-state index in [1.54, 1.807) is 6.08 Å². The molecule has 9 aromatic rings. The van der Waals surface area contributed by atoms with Crippen LogP contribution in [0.15, 0.2) is 219 Å². The van der Waals surface area contributed by atoms with Gasteiger partial charge in [-0.05, 0) is 40.3 Å². The van der Waals surface area contributed by atoms with Crippen LogP contribution in [0.3, 0.4) is 0 Å². The van der Waals surface area contributed by atoms with Crippen LogP contribution >= 0.6 is 0 Å². The summed E-state index contributed by atoms with van der Waals surface area (Å²) in [5.41, 5.74) is 12.1. The summed E-state index contributed by atoms with van der Waals surface area (Å²) in [7, 11) is 0. The van der Waals surface area contributed by atoms with Crippen LogP contribution in [0.2, 0.25) is 0 Å². The summed E-state index contributed by atoms with van der Waals surface area (Å²) in [5.74, 6) is 3.73. The summed E-state index contributed by atoms with van der Waals surface area (Å²) < 4.78 is 0. The molecule has 0 unspecified atom stereocenters. The van der Waals surface area contributed by atoms with Gasteiger partial charge >= 0.3 is 0 Å². The minimum absolute atomic E-state index is 0.609. The van der Waals surface area contributed by atoms with Crippen molar-refractivity contribution in [2.75, 3.05) is 0 Å². The normalized spacial score (nSPS) is 11.5. The molecule has 290 valence electrons. The molecule has 0 bridgehead atoms. The Labute approximate surface area is 356 Å². The molecule has 0 amide bonds. The van der Waals surface area contributed by atoms with Gasteiger partial charge in [-0.25, -0.2) is 29.9 Å². The van der Waals surface area contributed by atoms with Gasteiger partial charge in [0.1, 0.15) is 0 Å². The second-order valence-corrected chi connectivity index (χ2v) is 14.4. The molecule has 6 nitrogen and oxygen atoms in total. The molecule has 0 radical (unpaired) electrons. The van der Waals surface area contributed by atoms with Gasteiger partial charge < -0.3 is 0 Å². The van der Waals surface area contributed by atoms with Crippen molar-refractivity contribution in [2.45, 2.75) is 6.92 Å². The molecule has 9 rings (SSSR count). The van der Waals surface area contributed by atoms with Crippen LogP contribution in [0.25, 0.3) is 96.2 Å². The number of hydrogen-bond donors (Lipinski definition) is 0. The van der Waals surface area contributed by atoms with Gasteiger partial charge in [0.15, 0.2) is 34.9 Å². The quantitative estimate of drug-likeness (QED) is 0.122. The summed E-state index contributed by atoms with van der Waals surface area (Å²) >= 11 is 0. The molecule has 0 aliphatic carbocycles. The van der Waals surface area contributed by atoms with Gasteiger partial charge in [-0.15, -0.1) is 0 Å². The third kappa shape index (κ3) is 8.51. The SMILES string of the molecule is C=C/C=C\C=C(/C)c1cccc(-c2ccc(-c3nc(-c4ccccc4)nc(-c4ccccc4)n3)cc2)c1-c1ccc(-c2nc(-c3ccccc3)nc(-c3ccccc3)n2)cc1. The highest BCUT2D eigenvalue weighted by atomic mass is 15.0. The minimum atomic E-state index is 0.609. The number of allylic oxidation sites excluding steroid dienone is 5. The van der Waals surface area contributed by atoms with Crippen molar-refractivity contribution in [3.8, 4) is 90.6 Å². The number of nitrogens with zero attached hydrogens (tertiary/aromatic N) is 6. The lowest BCUT2D eigenvalue weighted by Crippen LogP contribution is -2.00. The Bertz CT molecular complexity index is 2880. The summed E-state index contributed by atoms with van der Waals surface area (Å²) in [6, 6.07) is 63.7. The fourth-order valence-electron chi connectivity index (χ4n) is 7.26. The molecule has 61 heavy (non-hydrogen) atoms. The van der Waals surface area contributed by atoms with Crippen LogP contribution in [-0.4, -0.2) is 29.9 Å². The third-order valence-electron chi connectivity index (χ3n) is 10.4. The van der Waals surface area contributed by atoms with Gasteiger partial charge in [0.05, 0.1) is 0 Å². The lowest BCUT2D eigenvalue weighted by atomic mass is 9.87. The van der Waals surface area contributed by atoms with Crippen molar-refractivity contribution in [3.63, 3.8) is 0 Å². The van der Waals surface area contributed by atoms with Gasteiger partial charge in [-0.2, -0.15) is 0 Å². The lowest BCUT2D eigenvalue weighted by Gasteiger charge is -2.17. The van der Waals surface area contributed by atoms with Crippen LogP contribution in [0, 0.1) is 0 Å². The predicted octanol–water partition coefficient (Wildman–Crippen LogP) is 13.5. The van der Waals surface area contributed by atoms with Crippen molar-refractivity contribution in [2.24, 2.45) is 0 Å². The monoisotopic (exact) mass is 784 g/mol. The van der Waals surface area contributed by atoms with E-state index in [1.807, 2.05) is 133 Å². The van der Waals surface area contributed by atoms with Crippen molar-refractivity contribution in [3.05, 3.63) is 225 Å². The number of benzene rings is 7. The highest BCUT2D eigenvalue weighted by molar-refractivity contribution is 5.93. The van der Waals surface area contributed by atoms with E-state index < -0.39 is 0 Å². The van der Waals surface area contributed by atoms with E-state index in [1.165, 1.54) is 0 Å². The molecular formula is C55H40N6. The van der Waals surface area contributed by atoms with Gasteiger partial charge in [-0.3, -0.25) is 0 Å². The van der Waals surface area contributed by atoms with Crippen molar-refractivity contribution in [1.29, 1.82) is 0 Å². The van der Waals surface area contributed by atoms with E-state index in [2.05, 4.69) is 86.3 Å². The molecular weight excluding hydrogens is 745 g/mol. The first-order valence-electron chi connectivity index (χ1n) is 20.2. The topological polar surface area (TPSA) is 77.3 Å². The highest BCUT2D eigenvalue weighted by Gasteiger charge is 2.18. The standard InChI is InChI=1S/C55H40N6/c1-3-4-9-19-38(2)47-28-18-29-48(39-30-34-45(35-31-39)54-58-50(41-20-10-5-11-21-41)56-51(59-54)42-22-12-6-13-23-42)49(47)40-32-36-46(37-33-40)55-60-52(43-24-14-7-15-25-43)57-53(61-55)44-26-16-8-17-27-44/h3-37H,1H2,2H3/b9-4-,38-19+. The average Bonchev–Trinajstić information content (AvgIpc) is 3.34. The average molecular weight is 785 g/mol. The second-order valence-electron chi connectivity index (χ2n) is 14.4. The van der Waals surface area contributed by atoms with Crippen LogP contribution < -0.4 is 0 Å². The Hall–Kier alpha value is -8.22. The number of rotatable bonds is 11. The maximum atomic E-state index is 4.97. The Morgan fingerprint density at radius 2 is 0.672 bits per heavy atom. The maximum absolute atomic E-state index is 4.97. The molecule has 0 atom stereocenters. The first-order valence-corrected chi connectivity index (χ1v) is 20.2. The summed E-state index contributed by atoms with van der Waals surface area (Å²) in [5, 5.41) is 0. The Balaban J connectivity index is 1.12. The second kappa shape index (κ2) is 17.7. The number of hydrogen-bond acceptors (Lipinski definition) is 6. The Kier molecular flexibility index (Phi) is 11.1. The molecule has 2 aromatic heterocycles. The summed E-state index contributed by atoms with van der Waals surface area (Å²) in [6.07, 6.45) is 7.87. The Morgan fingerprint density at radius 3 is 1.03 bits per heavy atom. The zero-order valence-electron chi connectivity index (χ0n) is 33.6. The zero-order valence-corrected chi connectivity index (χ0v) is 33.6. The molecule has 7 aromatic carbocycles. The van der Waals surface area contributed by atoms with E-state index in [9.17, 15) is 0 Å². The molecule has 0 aliphatic rings. The van der Waals surface area contributed by atoms with Crippen LogP contribution in [0.4, 0.5) is 0 Å². The molecule has 0 saturated heterocycles. The van der Waals surface area contributed by atoms with Gasteiger partial charge in [0.25, 0.3) is 0 Å².